The maximum absolute atomic E-state index is 4.25. The van der Waals surface area contributed by atoms with Crippen LogP contribution in [0.1, 0.15) is 38.2 Å². The number of rotatable bonds is 7. The zero-order valence-electron chi connectivity index (χ0n) is 10.9. The van der Waals surface area contributed by atoms with E-state index in [-0.39, 0.29) is 0 Å². The maximum Gasteiger partial charge on any atom is 0.0595 e. The summed E-state index contributed by atoms with van der Waals surface area (Å²) in [6.07, 6.45) is 9.03. The second-order valence-corrected chi connectivity index (χ2v) is 4.93. The molecule has 17 heavy (non-hydrogen) atoms. The number of unbranched alkanes of at least 4 members (excludes halogenated alkanes) is 1. The van der Waals surface area contributed by atoms with Crippen LogP contribution >= 0.6 is 0 Å². The molecule has 1 aliphatic rings. The van der Waals surface area contributed by atoms with Crippen LogP contribution in [0.5, 0.6) is 0 Å². The van der Waals surface area contributed by atoms with Gasteiger partial charge in [0.25, 0.3) is 0 Å². The Morgan fingerprint density at radius 2 is 2.29 bits per heavy atom. The van der Waals surface area contributed by atoms with Crippen LogP contribution in [0.2, 0.25) is 0 Å². The van der Waals surface area contributed by atoms with Gasteiger partial charge >= 0.3 is 0 Å². The Labute approximate surface area is 104 Å². The highest BCUT2D eigenvalue weighted by atomic mass is 15.1. The summed E-state index contributed by atoms with van der Waals surface area (Å²) >= 11 is 0. The molecule has 1 N–H and O–H groups in total. The highest BCUT2D eigenvalue weighted by Gasteiger charge is 2.20. The minimum absolute atomic E-state index is 0.761. The van der Waals surface area contributed by atoms with Crippen LogP contribution < -0.4 is 10.2 Å². The molecule has 0 saturated heterocycles. The lowest BCUT2D eigenvalue weighted by Crippen LogP contribution is -2.23. The average molecular weight is 233 g/mol. The van der Waals surface area contributed by atoms with E-state index in [0.717, 1.165) is 19.1 Å². The van der Waals surface area contributed by atoms with Gasteiger partial charge in [-0.1, -0.05) is 13.3 Å². The molecule has 1 saturated carbocycles. The van der Waals surface area contributed by atoms with Gasteiger partial charge in [0.2, 0.25) is 0 Å². The molecule has 1 aromatic rings. The SMILES string of the molecule is CCCCN(C)c1cnccc1CNC1CC1. The van der Waals surface area contributed by atoms with Crippen molar-refractivity contribution in [2.45, 2.75) is 45.2 Å². The number of anilines is 1. The number of hydrogen-bond donors (Lipinski definition) is 1. The summed E-state index contributed by atoms with van der Waals surface area (Å²) in [6, 6.07) is 2.89. The van der Waals surface area contributed by atoms with Gasteiger partial charge in [0.05, 0.1) is 11.9 Å². The molecule has 1 aliphatic carbocycles. The molecule has 0 aromatic carbocycles. The maximum atomic E-state index is 4.25. The van der Waals surface area contributed by atoms with Crippen molar-refractivity contribution in [3.8, 4) is 0 Å². The van der Waals surface area contributed by atoms with Crippen molar-refractivity contribution in [3.05, 3.63) is 24.0 Å². The topological polar surface area (TPSA) is 28.2 Å². The number of aromatic nitrogens is 1. The third-order valence-electron chi connectivity index (χ3n) is 3.30. The zero-order chi connectivity index (χ0) is 12.1. The largest absolute Gasteiger partial charge is 0.373 e. The van der Waals surface area contributed by atoms with Gasteiger partial charge in [0.15, 0.2) is 0 Å². The van der Waals surface area contributed by atoms with E-state index in [0.29, 0.717) is 0 Å². The number of pyridine rings is 1. The first-order valence-corrected chi connectivity index (χ1v) is 6.68. The fraction of sp³-hybridized carbons (Fsp3) is 0.643. The van der Waals surface area contributed by atoms with Crippen LogP contribution in [0.4, 0.5) is 5.69 Å². The van der Waals surface area contributed by atoms with E-state index >= 15 is 0 Å². The van der Waals surface area contributed by atoms with E-state index < -0.39 is 0 Å². The summed E-state index contributed by atoms with van der Waals surface area (Å²) < 4.78 is 0. The van der Waals surface area contributed by atoms with E-state index in [1.165, 1.54) is 36.9 Å². The molecule has 0 aliphatic heterocycles. The predicted molar refractivity (Wildman–Crippen MR) is 72.3 cm³/mol. The minimum atomic E-state index is 0.761. The van der Waals surface area contributed by atoms with E-state index in [1.54, 1.807) is 0 Å². The highest BCUT2D eigenvalue weighted by Crippen LogP contribution is 2.22. The van der Waals surface area contributed by atoms with Crippen molar-refractivity contribution in [1.82, 2.24) is 10.3 Å². The Bertz CT molecular complexity index is 347. The Kier molecular flexibility index (Phi) is 4.37. The molecule has 0 unspecified atom stereocenters. The first-order chi connectivity index (χ1) is 8.31. The Balaban J connectivity index is 1.97. The Morgan fingerprint density at radius 3 is 3.00 bits per heavy atom. The van der Waals surface area contributed by atoms with E-state index in [2.05, 4.69) is 35.2 Å². The lowest BCUT2D eigenvalue weighted by atomic mass is 10.2. The van der Waals surface area contributed by atoms with E-state index in [4.69, 9.17) is 0 Å². The molecule has 94 valence electrons. The fourth-order valence-electron chi connectivity index (χ4n) is 1.97. The summed E-state index contributed by atoms with van der Waals surface area (Å²) in [5, 5.41) is 3.57. The average Bonchev–Trinajstić information content (AvgIpc) is 3.18. The van der Waals surface area contributed by atoms with Crippen LogP contribution in [0.3, 0.4) is 0 Å². The van der Waals surface area contributed by atoms with Crippen molar-refractivity contribution in [3.63, 3.8) is 0 Å². The lowest BCUT2D eigenvalue weighted by molar-refractivity contribution is 0.682. The van der Waals surface area contributed by atoms with Crippen LogP contribution in [-0.4, -0.2) is 24.6 Å². The molecule has 2 rings (SSSR count). The van der Waals surface area contributed by atoms with Crippen molar-refractivity contribution >= 4 is 5.69 Å². The molecule has 1 fully saturated rings. The monoisotopic (exact) mass is 233 g/mol. The summed E-state index contributed by atoms with van der Waals surface area (Å²) in [5.41, 5.74) is 2.64. The van der Waals surface area contributed by atoms with Gasteiger partial charge in [0.1, 0.15) is 0 Å². The molecular formula is C14H23N3. The predicted octanol–water partition coefficient (Wildman–Crippen LogP) is 2.57. The molecule has 3 nitrogen and oxygen atoms in total. The Morgan fingerprint density at radius 1 is 1.47 bits per heavy atom. The summed E-state index contributed by atoms with van der Waals surface area (Å²) in [5.74, 6) is 0. The quantitative estimate of drug-likeness (QED) is 0.784. The van der Waals surface area contributed by atoms with Crippen molar-refractivity contribution in [1.29, 1.82) is 0 Å². The van der Waals surface area contributed by atoms with Crippen LogP contribution in [-0.2, 0) is 6.54 Å². The third-order valence-corrected chi connectivity index (χ3v) is 3.30. The van der Waals surface area contributed by atoms with Gasteiger partial charge in [-0.3, -0.25) is 4.98 Å². The van der Waals surface area contributed by atoms with Gasteiger partial charge in [0, 0.05) is 32.4 Å². The molecule has 0 spiro atoms. The van der Waals surface area contributed by atoms with E-state index in [1.807, 2.05) is 12.4 Å². The van der Waals surface area contributed by atoms with Gasteiger partial charge in [-0.15, -0.1) is 0 Å². The highest BCUT2D eigenvalue weighted by molar-refractivity contribution is 5.50. The first-order valence-electron chi connectivity index (χ1n) is 6.68. The van der Waals surface area contributed by atoms with Crippen LogP contribution in [0.15, 0.2) is 18.5 Å². The van der Waals surface area contributed by atoms with E-state index in [9.17, 15) is 0 Å². The third kappa shape index (κ3) is 3.70. The summed E-state index contributed by atoms with van der Waals surface area (Å²) in [4.78, 5) is 6.57. The minimum Gasteiger partial charge on any atom is -0.373 e. The lowest BCUT2D eigenvalue weighted by Gasteiger charge is -2.22. The number of hydrogen-bond acceptors (Lipinski definition) is 3. The number of nitrogens with one attached hydrogen (secondary N) is 1. The van der Waals surface area contributed by atoms with Gasteiger partial charge in [-0.05, 0) is 30.9 Å². The fourth-order valence-corrected chi connectivity index (χ4v) is 1.97. The van der Waals surface area contributed by atoms with Crippen molar-refractivity contribution in [2.75, 3.05) is 18.5 Å². The molecule has 1 aromatic heterocycles. The van der Waals surface area contributed by atoms with Gasteiger partial charge in [-0.25, -0.2) is 0 Å². The molecule has 0 atom stereocenters. The normalized spacial score (nSPS) is 14.9. The Hall–Kier alpha value is -1.09. The second-order valence-electron chi connectivity index (χ2n) is 4.93. The summed E-state index contributed by atoms with van der Waals surface area (Å²) in [7, 11) is 2.16. The molecule has 0 radical (unpaired) electrons. The first kappa shape index (κ1) is 12.4. The summed E-state index contributed by atoms with van der Waals surface area (Å²) in [6.45, 7) is 4.31. The zero-order valence-corrected chi connectivity index (χ0v) is 10.9. The van der Waals surface area contributed by atoms with Gasteiger partial charge in [-0.2, -0.15) is 0 Å². The molecule has 0 bridgehead atoms. The molecule has 1 heterocycles. The smallest absolute Gasteiger partial charge is 0.0595 e. The van der Waals surface area contributed by atoms with Crippen LogP contribution in [0.25, 0.3) is 0 Å². The molecular weight excluding hydrogens is 210 g/mol. The second kappa shape index (κ2) is 6.01. The van der Waals surface area contributed by atoms with Crippen molar-refractivity contribution in [2.24, 2.45) is 0 Å². The number of nitrogens with zero attached hydrogens (tertiary/aromatic N) is 2. The molecule has 0 amide bonds. The standard InChI is InChI=1S/C14H23N3/c1-3-4-9-17(2)14-11-15-8-7-12(14)10-16-13-5-6-13/h7-8,11,13,16H,3-6,9-10H2,1-2H3. The van der Waals surface area contributed by atoms with Gasteiger partial charge < -0.3 is 10.2 Å². The molecule has 3 heteroatoms. The van der Waals surface area contributed by atoms with Crippen molar-refractivity contribution < 1.29 is 0 Å². The van der Waals surface area contributed by atoms with Crippen LogP contribution in [0, 0.1) is 0 Å².